The Morgan fingerprint density at radius 3 is 2.45 bits per heavy atom. The molecule has 0 fully saturated rings. The van der Waals surface area contributed by atoms with E-state index in [1.54, 1.807) is 31.3 Å². The van der Waals surface area contributed by atoms with E-state index in [-0.39, 0.29) is 11.5 Å². The first-order valence-electron chi connectivity index (χ1n) is 10.6. The fourth-order valence-corrected chi connectivity index (χ4v) is 3.99. The number of amides is 1. The summed E-state index contributed by atoms with van der Waals surface area (Å²) >= 11 is 0. The van der Waals surface area contributed by atoms with Gasteiger partial charge in [-0.25, -0.2) is 0 Å². The SMILES string of the molecule is Cc1cc(C(C)Nc2ccccc2C(=O)NC#N)c2oc(-c3ccccc3)c(C)c(=O)c2c1. The summed E-state index contributed by atoms with van der Waals surface area (Å²) in [6.45, 7) is 5.65. The van der Waals surface area contributed by atoms with E-state index >= 15 is 0 Å². The Balaban J connectivity index is 1.85. The number of aryl methyl sites for hydroxylation is 1. The second-order valence-electron chi connectivity index (χ2n) is 7.96. The maximum atomic E-state index is 13.3. The van der Waals surface area contributed by atoms with Crippen LogP contribution in [-0.4, -0.2) is 5.91 Å². The van der Waals surface area contributed by atoms with Crippen LogP contribution in [-0.2, 0) is 0 Å². The monoisotopic (exact) mass is 437 g/mol. The first-order chi connectivity index (χ1) is 15.9. The normalized spacial score (nSPS) is 11.6. The fourth-order valence-electron chi connectivity index (χ4n) is 3.99. The van der Waals surface area contributed by atoms with E-state index in [0.717, 1.165) is 16.7 Å². The van der Waals surface area contributed by atoms with Gasteiger partial charge in [-0.2, -0.15) is 5.26 Å². The zero-order chi connectivity index (χ0) is 23.5. The van der Waals surface area contributed by atoms with Crippen LogP contribution in [0.15, 0.2) is 75.9 Å². The van der Waals surface area contributed by atoms with Crippen molar-refractivity contribution in [3.8, 4) is 17.5 Å². The van der Waals surface area contributed by atoms with E-state index in [1.807, 2.05) is 62.4 Å². The molecule has 1 atom stereocenters. The van der Waals surface area contributed by atoms with Gasteiger partial charge in [-0.15, -0.1) is 0 Å². The predicted molar refractivity (Wildman–Crippen MR) is 129 cm³/mol. The zero-order valence-electron chi connectivity index (χ0n) is 18.6. The summed E-state index contributed by atoms with van der Waals surface area (Å²) in [6, 6.07) is 20.0. The second-order valence-corrected chi connectivity index (χ2v) is 7.96. The lowest BCUT2D eigenvalue weighted by Gasteiger charge is -2.20. The van der Waals surface area contributed by atoms with Gasteiger partial charge in [-0.05, 0) is 44.5 Å². The Morgan fingerprint density at radius 2 is 1.73 bits per heavy atom. The van der Waals surface area contributed by atoms with Crippen LogP contribution in [0.3, 0.4) is 0 Å². The first-order valence-corrected chi connectivity index (χ1v) is 10.6. The smallest absolute Gasteiger partial charge is 0.266 e. The minimum absolute atomic E-state index is 0.0685. The number of benzene rings is 3. The van der Waals surface area contributed by atoms with Crippen LogP contribution in [0.2, 0.25) is 0 Å². The van der Waals surface area contributed by atoms with Gasteiger partial charge in [0.1, 0.15) is 11.3 Å². The molecule has 0 aliphatic rings. The zero-order valence-corrected chi connectivity index (χ0v) is 18.6. The minimum Gasteiger partial charge on any atom is -0.455 e. The Hall–Kier alpha value is -4.37. The summed E-state index contributed by atoms with van der Waals surface area (Å²) in [5, 5.41) is 14.8. The first kappa shape index (κ1) is 21.8. The number of nitriles is 1. The van der Waals surface area contributed by atoms with Crippen LogP contribution in [0.5, 0.6) is 0 Å². The van der Waals surface area contributed by atoms with Crippen LogP contribution >= 0.6 is 0 Å². The van der Waals surface area contributed by atoms with Crippen molar-refractivity contribution in [2.75, 3.05) is 5.32 Å². The molecule has 4 rings (SSSR count). The summed E-state index contributed by atoms with van der Waals surface area (Å²) in [7, 11) is 0. The number of hydrogen-bond acceptors (Lipinski definition) is 5. The van der Waals surface area contributed by atoms with Gasteiger partial charge in [0.05, 0.1) is 17.0 Å². The Morgan fingerprint density at radius 1 is 1.03 bits per heavy atom. The van der Waals surface area contributed by atoms with E-state index < -0.39 is 5.91 Å². The van der Waals surface area contributed by atoms with E-state index in [1.165, 1.54) is 0 Å². The summed E-state index contributed by atoms with van der Waals surface area (Å²) in [5.41, 5.74) is 4.49. The molecule has 6 heteroatoms. The van der Waals surface area contributed by atoms with E-state index in [4.69, 9.17) is 9.68 Å². The van der Waals surface area contributed by atoms with Crippen molar-refractivity contribution in [2.24, 2.45) is 0 Å². The van der Waals surface area contributed by atoms with E-state index in [9.17, 15) is 9.59 Å². The maximum absolute atomic E-state index is 13.3. The third-order valence-electron chi connectivity index (χ3n) is 5.61. The lowest BCUT2D eigenvalue weighted by atomic mass is 9.98. The summed E-state index contributed by atoms with van der Waals surface area (Å²) in [5.74, 6) is 0.0506. The molecule has 0 saturated carbocycles. The summed E-state index contributed by atoms with van der Waals surface area (Å²) < 4.78 is 6.36. The molecule has 1 amide bonds. The Kier molecular flexibility index (Phi) is 5.97. The van der Waals surface area contributed by atoms with Crippen molar-refractivity contribution < 1.29 is 9.21 Å². The second kappa shape index (κ2) is 9.01. The van der Waals surface area contributed by atoms with Crippen molar-refractivity contribution in [3.63, 3.8) is 0 Å². The molecule has 0 radical (unpaired) electrons. The number of rotatable bonds is 5. The van der Waals surface area contributed by atoms with Gasteiger partial charge in [0.15, 0.2) is 11.6 Å². The van der Waals surface area contributed by atoms with Gasteiger partial charge >= 0.3 is 0 Å². The molecule has 6 nitrogen and oxygen atoms in total. The van der Waals surface area contributed by atoms with Crippen LogP contribution in [0.1, 0.15) is 40.0 Å². The lowest BCUT2D eigenvalue weighted by Crippen LogP contribution is -2.20. The Labute approximate surface area is 191 Å². The summed E-state index contributed by atoms with van der Waals surface area (Å²) in [6.07, 6.45) is 1.67. The third kappa shape index (κ3) is 4.21. The highest BCUT2D eigenvalue weighted by molar-refractivity contribution is 6.00. The molecule has 1 aromatic heterocycles. The highest BCUT2D eigenvalue weighted by atomic mass is 16.3. The Bertz CT molecular complexity index is 1450. The number of fused-ring (bicyclic) bond motifs is 1. The predicted octanol–water partition coefficient (Wildman–Crippen LogP) is 5.46. The molecule has 2 N–H and O–H groups in total. The number of carbonyl (C=O) groups excluding carboxylic acids is 1. The highest BCUT2D eigenvalue weighted by Crippen LogP contribution is 2.32. The standard InChI is InChI=1S/C27H23N3O3/c1-16-13-21(18(3)30-23-12-8-7-11-20(23)27(32)29-15-28)26-22(14-16)24(31)17(2)25(33-26)19-9-5-4-6-10-19/h4-14,18,30H,1-3H3,(H,29,32). The van der Waals surface area contributed by atoms with Crippen LogP contribution < -0.4 is 16.1 Å². The number of anilines is 1. The van der Waals surface area contributed by atoms with Crippen molar-refractivity contribution in [2.45, 2.75) is 26.8 Å². The molecular weight excluding hydrogens is 414 g/mol. The number of para-hydroxylation sites is 1. The molecule has 1 heterocycles. The summed E-state index contributed by atoms with van der Waals surface area (Å²) in [4.78, 5) is 25.6. The molecule has 3 aromatic carbocycles. The van der Waals surface area contributed by atoms with E-state index in [0.29, 0.717) is 33.5 Å². The van der Waals surface area contributed by atoms with Crippen molar-refractivity contribution in [1.82, 2.24) is 5.32 Å². The van der Waals surface area contributed by atoms with Crippen molar-refractivity contribution in [1.29, 1.82) is 5.26 Å². The van der Waals surface area contributed by atoms with Gasteiger partial charge in [0, 0.05) is 22.4 Å². The topological polar surface area (TPSA) is 95.1 Å². The van der Waals surface area contributed by atoms with Gasteiger partial charge in [0.25, 0.3) is 5.91 Å². The van der Waals surface area contributed by atoms with Crippen molar-refractivity contribution in [3.05, 3.63) is 99.2 Å². The van der Waals surface area contributed by atoms with Gasteiger partial charge in [0.2, 0.25) is 0 Å². The third-order valence-corrected chi connectivity index (χ3v) is 5.61. The van der Waals surface area contributed by atoms with Gasteiger partial charge in [-0.3, -0.25) is 14.9 Å². The van der Waals surface area contributed by atoms with E-state index in [2.05, 4.69) is 10.6 Å². The molecule has 33 heavy (non-hydrogen) atoms. The maximum Gasteiger partial charge on any atom is 0.266 e. The highest BCUT2D eigenvalue weighted by Gasteiger charge is 2.20. The molecule has 0 spiro atoms. The van der Waals surface area contributed by atoms with Crippen molar-refractivity contribution >= 4 is 22.6 Å². The molecule has 0 aliphatic heterocycles. The molecular formula is C27H23N3O3. The minimum atomic E-state index is -0.490. The fraction of sp³-hybridized carbons (Fsp3) is 0.148. The number of nitrogens with zero attached hydrogens (tertiary/aromatic N) is 1. The van der Waals surface area contributed by atoms with Crippen LogP contribution in [0.25, 0.3) is 22.3 Å². The van der Waals surface area contributed by atoms with Crippen LogP contribution in [0.4, 0.5) is 5.69 Å². The quantitative estimate of drug-likeness (QED) is 0.319. The lowest BCUT2D eigenvalue weighted by molar-refractivity contribution is 0.0973. The molecule has 0 bridgehead atoms. The number of hydrogen-bond donors (Lipinski definition) is 2. The largest absolute Gasteiger partial charge is 0.455 e. The molecule has 1 unspecified atom stereocenters. The number of carbonyl (C=O) groups is 1. The molecule has 4 aromatic rings. The molecule has 0 aliphatic carbocycles. The molecule has 164 valence electrons. The van der Waals surface area contributed by atoms with Gasteiger partial charge in [-0.1, -0.05) is 48.5 Å². The molecule has 0 saturated heterocycles. The average Bonchev–Trinajstić information content (AvgIpc) is 2.82. The van der Waals surface area contributed by atoms with Crippen LogP contribution in [0, 0.1) is 25.3 Å². The average molecular weight is 437 g/mol. The van der Waals surface area contributed by atoms with Gasteiger partial charge < -0.3 is 9.73 Å². The number of nitrogens with one attached hydrogen (secondary N) is 2.